The number of carbonyl (C=O) groups excluding carboxylic acids is 1. The molecule has 3 aliphatic rings. The number of rotatable bonds is 1. The quantitative estimate of drug-likeness (QED) is 0.592. The number of benzene rings is 1. The lowest BCUT2D eigenvalue weighted by Crippen LogP contribution is -2.49. The SMILES string of the molecule is CC(=O)O[C@@H]1C=C[C@]23CCN(Cc4c2sc2ccccc42)[C@H]3C1. The highest BCUT2D eigenvalue weighted by Gasteiger charge is 2.54. The number of hydrogen-bond donors (Lipinski definition) is 0. The molecule has 2 aromatic rings. The lowest BCUT2D eigenvalue weighted by Gasteiger charge is -2.44. The predicted molar refractivity (Wildman–Crippen MR) is 91.6 cm³/mol. The molecule has 23 heavy (non-hydrogen) atoms. The number of carbonyl (C=O) groups is 1. The zero-order valence-electron chi connectivity index (χ0n) is 13.1. The van der Waals surface area contributed by atoms with Crippen LogP contribution in [0.4, 0.5) is 0 Å². The first-order valence-corrected chi connectivity index (χ1v) is 9.10. The van der Waals surface area contributed by atoms with E-state index in [-0.39, 0.29) is 17.5 Å². The Bertz CT molecular complexity index is 839. The molecule has 1 aromatic heterocycles. The molecule has 2 bridgehead atoms. The predicted octanol–water partition coefficient (Wildman–Crippen LogP) is 3.62. The molecule has 5 rings (SSSR count). The Morgan fingerprint density at radius 3 is 3.13 bits per heavy atom. The highest BCUT2D eigenvalue weighted by molar-refractivity contribution is 7.19. The fraction of sp³-hybridized carbons (Fsp3) is 0.421. The second-order valence-corrected chi connectivity index (χ2v) is 7.98. The van der Waals surface area contributed by atoms with Gasteiger partial charge >= 0.3 is 5.97 Å². The minimum Gasteiger partial charge on any atom is -0.458 e. The maximum absolute atomic E-state index is 11.3. The van der Waals surface area contributed by atoms with Gasteiger partial charge in [-0.3, -0.25) is 9.69 Å². The standard InChI is InChI=1S/C19H19NO2S/c1-12(21)22-13-6-7-19-8-9-20(17(19)10-13)11-15-14-4-2-3-5-16(14)23-18(15)19/h2-7,13,17H,8-11H2,1H3/t13-,17+,19-/m1/s1. The van der Waals surface area contributed by atoms with E-state index in [9.17, 15) is 4.79 Å². The summed E-state index contributed by atoms with van der Waals surface area (Å²) < 4.78 is 6.86. The average Bonchev–Trinajstić information content (AvgIpc) is 3.04. The molecule has 4 atom stereocenters. The molecule has 4 heteroatoms. The fourth-order valence-electron chi connectivity index (χ4n) is 4.77. The molecule has 1 fully saturated rings. The van der Waals surface area contributed by atoms with E-state index in [1.807, 2.05) is 11.3 Å². The lowest BCUT2D eigenvalue weighted by molar-refractivity contribution is -0.145. The van der Waals surface area contributed by atoms with Gasteiger partial charge in [0.15, 0.2) is 0 Å². The third-order valence-electron chi connectivity index (χ3n) is 5.71. The maximum atomic E-state index is 11.3. The van der Waals surface area contributed by atoms with Gasteiger partial charge in [-0.05, 0) is 29.5 Å². The number of ether oxygens (including phenoxy) is 1. The summed E-state index contributed by atoms with van der Waals surface area (Å²) in [6.45, 7) is 3.67. The molecular weight excluding hydrogens is 306 g/mol. The normalized spacial score (nSPS) is 34.2. The van der Waals surface area contributed by atoms with Crippen LogP contribution in [-0.4, -0.2) is 29.6 Å². The molecule has 3 nitrogen and oxygen atoms in total. The molecule has 118 valence electrons. The van der Waals surface area contributed by atoms with Crippen LogP contribution in [0.25, 0.3) is 10.1 Å². The van der Waals surface area contributed by atoms with Crippen molar-refractivity contribution in [3.05, 3.63) is 46.9 Å². The van der Waals surface area contributed by atoms with Crippen LogP contribution in [-0.2, 0) is 21.5 Å². The summed E-state index contributed by atoms with van der Waals surface area (Å²) in [5, 5.41) is 1.42. The smallest absolute Gasteiger partial charge is 0.303 e. The molecule has 1 aliphatic carbocycles. The Morgan fingerprint density at radius 2 is 2.26 bits per heavy atom. The Morgan fingerprint density at radius 1 is 1.39 bits per heavy atom. The van der Waals surface area contributed by atoms with Gasteiger partial charge in [0.1, 0.15) is 6.10 Å². The highest BCUT2D eigenvalue weighted by Crippen LogP contribution is 2.55. The summed E-state index contributed by atoms with van der Waals surface area (Å²) in [5.74, 6) is -0.184. The van der Waals surface area contributed by atoms with Gasteiger partial charge in [0, 0.05) is 47.5 Å². The average molecular weight is 325 g/mol. The van der Waals surface area contributed by atoms with Crippen LogP contribution in [0.2, 0.25) is 0 Å². The van der Waals surface area contributed by atoms with Crippen molar-refractivity contribution in [1.29, 1.82) is 0 Å². The van der Waals surface area contributed by atoms with Crippen molar-refractivity contribution in [2.45, 2.75) is 43.9 Å². The van der Waals surface area contributed by atoms with Crippen LogP contribution in [0.5, 0.6) is 0 Å². The van der Waals surface area contributed by atoms with Gasteiger partial charge in [0.25, 0.3) is 0 Å². The van der Waals surface area contributed by atoms with E-state index in [0.29, 0.717) is 6.04 Å². The Labute approximate surface area is 139 Å². The summed E-state index contributed by atoms with van der Waals surface area (Å²) in [7, 11) is 0. The van der Waals surface area contributed by atoms with E-state index >= 15 is 0 Å². The zero-order valence-corrected chi connectivity index (χ0v) is 13.9. The Balaban J connectivity index is 1.65. The third kappa shape index (κ3) is 1.82. The number of hydrogen-bond acceptors (Lipinski definition) is 4. The first kappa shape index (κ1) is 13.8. The third-order valence-corrected chi connectivity index (χ3v) is 7.12. The van der Waals surface area contributed by atoms with Gasteiger partial charge in [-0.15, -0.1) is 11.3 Å². The number of nitrogens with zero attached hydrogens (tertiary/aromatic N) is 1. The van der Waals surface area contributed by atoms with Crippen LogP contribution >= 0.6 is 11.3 Å². The van der Waals surface area contributed by atoms with Gasteiger partial charge in [-0.2, -0.15) is 0 Å². The molecule has 1 unspecified atom stereocenters. The van der Waals surface area contributed by atoms with Crippen molar-refractivity contribution in [2.75, 3.05) is 6.54 Å². The number of thiophene rings is 1. The van der Waals surface area contributed by atoms with E-state index < -0.39 is 0 Å². The molecule has 1 saturated heterocycles. The van der Waals surface area contributed by atoms with E-state index in [0.717, 1.165) is 19.5 Å². The van der Waals surface area contributed by atoms with Crippen LogP contribution < -0.4 is 0 Å². The number of fused-ring (bicyclic) bond motifs is 3. The number of esters is 1. The minimum absolute atomic E-state index is 0.0675. The molecule has 0 spiro atoms. The van der Waals surface area contributed by atoms with Gasteiger partial charge in [-0.25, -0.2) is 0 Å². The van der Waals surface area contributed by atoms with Crippen LogP contribution in [0, 0.1) is 0 Å². The molecule has 0 saturated carbocycles. The Kier molecular flexibility index (Phi) is 2.80. The van der Waals surface area contributed by atoms with Gasteiger partial charge < -0.3 is 4.74 Å². The molecule has 1 aromatic carbocycles. The summed E-state index contributed by atoms with van der Waals surface area (Å²) in [6, 6.07) is 9.24. The van der Waals surface area contributed by atoms with Crippen molar-refractivity contribution in [2.24, 2.45) is 0 Å². The van der Waals surface area contributed by atoms with E-state index in [1.165, 1.54) is 29.0 Å². The summed E-state index contributed by atoms with van der Waals surface area (Å²) in [5.41, 5.74) is 1.66. The minimum atomic E-state index is -0.184. The summed E-state index contributed by atoms with van der Waals surface area (Å²) >= 11 is 1.96. The first-order valence-electron chi connectivity index (χ1n) is 8.29. The summed E-state index contributed by atoms with van der Waals surface area (Å²) in [6.07, 6.45) is 6.51. The van der Waals surface area contributed by atoms with Gasteiger partial charge in [0.2, 0.25) is 0 Å². The highest BCUT2D eigenvalue weighted by atomic mass is 32.1. The second kappa shape index (κ2) is 4.68. The van der Waals surface area contributed by atoms with Gasteiger partial charge in [-0.1, -0.05) is 24.3 Å². The summed E-state index contributed by atoms with van der Waals surface area (Å²) in [4.78, 5) is 15.4. The van der Waals surface area contributed by atoms with E-state index in [2.05, 4.69) is 41.3 Å². The largest absolute Gasteiger partial charge is 0.458 e. The topological polar surface area (TPSA) is 29.5 Å². The van der Waals surface area contributed by atoms with Gasteiger partial charge in [0.05, 0.1) is 0 Å². The van der Waals surface area contributed by atoms with Crippen molar-refractivity contribution >= 4 is 27.4 Å². The molecule has 0 amide bonds. The fourth-order valence-corrected chi connectivity index (χ4v) is 6.24. The molecule has 2 aliphatic heterocycles. The first-order chi connectivity index (χ1) is 11.2. The van der Waals surface area contributed by atoms with Crippen molar-refractivity contribution in [1.82, 2.24) is 4.90 Å². The molecular formula is C19H19NO2S. The van der Waals surface area contributed by atoms with Crippen molar-refractivity contribution < 1.29 is 9.53 Å². The molecule has 0 radical (unpaired) electrons. The Hall–Kier alpha value is -1.65. The van der Waals surface area contributed by atoms with Crippen molar-refractivity contribution in [3.63, 3.8) is 0 Å². The molecule has 0 N–H and O–H groups in total. The maximum Gasteiger partial charge on any atom is 0.303 e. The lowest BCUT2D eigenvalue weighted by atomic mass is 9.70. The zero-order chi connectivity index (χ0) is 15.6. The van der Waals surface area contributed by atoms with Crippen LogP contribution in [0.1, 0.15) is 30.2 Å². The van der Waals surface area contributed by atoms with Crippen LogP contribution in [0.15, 0.2) is 36.4 Å². The van der Waals surface area contributed by atoms with Crippen molar-refractivity contribution in [3.8, 4) is 0 Å². The van der Waals surface area contributed by atoms with E-state index in [4.69, 9.17) is 4.74 Å². The second-order valence-electron chi connectivity index (χ2n) is 6.93. The van der Waals surface area contributed by atoms with E-state index in [1.54, 1.807) is 4.88 Å². The van der Waals surface area contributed by atoms with Crippen LogP contribution in [0.3, 0.4) is 0 Å². The molecule has 3 heterocycles. The monoisotopic (exact) mass is 325 g/mol.